The third kappa shape index (κ3) is 1.81. The Balaban J connectivity index is 2.05. The smallest absolute Gasteiger partial charge is 0.265 e. The summed E-state index contributed by atoms with van der Waals surface area (Å²) in [4.78, 5) is 11.6. The molecule has 98 valence electrons. The van der Waals surface area contributed by atoms with Crippen molar-refractivity contribution in [3.8, 4) is 17.0 Å². The maximum atomic E-state index is 11.6. The zero-order valence-electron chi connectivity index (χ0n) is 10.7. The number of aromatic amines is 1. The van der Waals surface area contributed by atoms with Crippen molar-refractivity contribution in [2.24, 2.45) is 0 Å². The van der Waals surface area contributed by atoms with Gasteiger partial charge in [-0.15, -0.1) is 0 Å². The van der Waals surface area contributed by atoms with Crippen molar-refractivity contribution in [1.29, 1.82) is 0 Å². The summed E-state index contributed by atoms with van der Waals surface area (Å²) in [6.07, 6.45) is -0.470. The number of nitrogens with zero attached hydrogens (tertiary/aromatic N) is 1. The predicted octanol–water partition coefficient (Wildman–Crippen LogP) is 1.69. The second kappa shape index (κ2) is 4.01. The highest BCUT2D eigenvalue weighted by Gasteiger charge is 2.24. The topological polar surface area (TPSA) is 93.0 Å². The van der Waals surface area contributed by atoms with Crippen LogP contribution in [0.25, 0.3) is 11.3 Å². The first-order valence-electron chi connectivity index (χ1n) is 5.98. The van der Waals surface area contributed by atoms with Crippen LogP contribution >= 0.6 is 0 Å². The summed E-state index contributed by atoms with van der Waals surface area (Å²) in [7, 11) is 0. The fourth-order valence-corrected chi connectivity index (χ4v) is 2.06. The second-order valence-corrected chi connectivity index (χ2v) is 4.57. The van der Waals surface area contributed by atoms with Crippen LogP contribution in [0.4, 0.5) is 11.5 Å². The van der Waals surface area contributed by atoms with Crippen LogP contribution in [0.5, 0.6) is 5.75 Å². The largest absolute Gasteiger partial charge is 0.479 e. The lowest BCUT2D eigenvalue weighted by Crippen LogP contribution is -2.34. The van der Waals surface area contributed by atoms with E-state index < -0.39 is 6.10 Å². The first-order valence-corrected chi connectivity index (χ1v) is 5.98. The summed E-state index contributed by atoms with van der Waals surface area (Å²) in [5, 5.41) is 9.67. The fourth-order valence-electron chi connectivity index (χ4n) is 2.06. The van der Waals surface area contributed by atoms with E-state index in [4.69, 9.17) is 10.5 Å². The molecule has 0 fully saturated rings. The Morgan fingerprint density at radius 1 is 1.42 bits per heavy atom. The lowest BCUT2D eigenvalue weighted by Gasteiger charge is -2.23. The van der Waals surface area contributed by atoms with Crippen LogP contribution in [0.1, 0.15) is 12.5 Å². The highest BCUT2D eigenvalue weighted by atomic mass is 16.5. The number of amides is 1. The SMILES string of the molecule is Cc1c(N)n[nH]c1-c1ccc2c(c1)NC(=O)C(C)O2. The average Bonchev–Trinajstić information content (AvgIpc) is 2.71. The van der Waals surface area contributed by atoms with Gasteiger partial charge in [-0.05, 0) is 32.0 Å². The third-order valence-electron chi connectivity index (χ3n) is 3.25. The Hall–Kier alpha value is -2.50. The number of aromatic nitrogens is 2. The quantitative estimate of drug-likeness (QED) is 0.725. The molecule has 3 rings (SSSR count). The maximum Gasteiger partial charge on any atom is 0.265 e. The number of H-pyrrole nitrogens is 1. The molecule has 1 aliphatic rings. The van der Waals surface area contributed by atoms with Gasteiger partial charge in [0.1, 0.15) is 11.6 Å². The minimum atomic E-state index is -0.470. The highest BCUT2D eigenvalue weighted by Crippen LogP contribution is 2.34. The van der Waals surface area contributed by atoms with Crippen LogP contribution < -0.4 is 15.8 Å². The molecule has 1 unspecified atom stereocenters. The van der Waals surface area contributed by atoms with Crippen molar-refractivity contribution in [3.05, 3.63) is 23.8 Å². The number of carbonyl (C=O) groups excluding carboxylic acids is 1. The lowest BCUT2D eigenvalue weighted by molar-refractivity contribution is -0.122. The standard InChI is InChI=1S/C13H14N4O2/c1-6-11(16-17-12(6)14)8-3-4-10-9(5-8)15-13(18)7(2)19-10/h3-5,7H,1-2H3,(H,15,18)(H3,14,16,17). The van der Waals surface area contributed by atoms with Crippen molar-refractivity contribution in [2.45, 2.75) is 20.0 Å². The molecule has 0 saturated heterocycles. The summed E-state index contributed by atoms with van der Waals surface area (Å²) in [5.41, 5.74) is 9.01. The number of hydrogen-bond acceptors (Lipinski definition) is 4. The number of carbonyl (C=O) groups is 1. The summed E-state index contributed by atoms with van der Waals surface area (Å²) in [6.45, 7) is 3.61. The Bertz CT molecular complexity index is 663. The first-order chi connectivity index (χ1) is 9.06. The Morgan fingerprint density at radius 3 is 2.89 bits per heavy atom. The molecule has 6 nitrogen and oxygen atoms in total. The summed E-state index contributed by atoms with van der Waals surface area (Å²) >= 11 is 0. The van der Waals surface area contributed by atoms with Crippen LogP contribution in [-0.2, 0) is 4.79 Å². The van der Waals surface area contributed by atoms with Crippen LogP contribution in [0.3, 0.4) is 0 Å². The van der Waals surface area contributed by atoms with E-state index in [2.05, 4.69) is 15.5 Å². The molecule has 1 aromatic carbocycles. The zero-order chi connectivity index (χ0) is 13.6. The van der Waals surface area contributed by atoms with Crippen molar-refractivity contribution in [2.75, 3.05) is 11.1 Å². The van der Waals surface area contributed by atoms with Gasteiger partial charge in [-0.1, -0.05) is 0 Å². The molecule has 1 aromatic heterocycles. The normalized spacial score (nSPS) is 17.6. The number of nitrogen functional groups attached to an aromatic ring is 1. The molecule has 0 spiro atoms. The van der Waals surface area contributed by atoms with Crippen molar-refractivity contribution in [3.63, 3.8) is 0 Å². The molecule has 2 aromatic rings. The van der Waals surface area contributed by atoms with Crippen LogP contribution in [0, 0.1) is 6.92 Å². The zero-order valence-corrected chi connectivity index (χ0v) is 10.7. The van der Waals surface area contributed by atoms with Crippen molar-refractivity contribution in [1.82, 2.24) is 10.2 Å². The second-order valence-electron chi connectivity index (χ2n) is 4.57. The Kier molecular flexibility index (Phi) is 2.45. The number of ether oxygens (including phenoxy) is 1. The van der Waals surface area contributed by atoms with Crippen LogP contribution in [0.2, 0.25) is 0 Å². The molecule has 2 heterocycles. The van der Waals surface area contributed by atoms with Gasteiger partial charge in [0.25, 0.3) is 5.91 Å². The molecule has 1 amide bonds. The molecule has 1 atom stereocenters. The van der Waals surface area contributed by atoms with E-state index in [0.717, 1.165) is 16.8 Å². The van der Waals surface area contributed by atoms with E-state index in [1.54, 1.807) is 6.92 Å². The van der Waals surface area contributed by atoms with Gasteiger partial charge >= 0.3 is 0 Å². The monoisotopic (exact) mass is 258 g/mol. The van der Waals surface area contributed by atoms with Gasteiger partial charge in [-0.2, -0.15) is 5.10 Å². The van der Waals surface area contributed by atoms with Gasteiger partial charge in [0.15, 0.2) is 6.10 Å². The molecule has 0 bridgehead atoms. The van der Waals surface area contributed by atoms with E-state index in [0.29, 0.717) is 17.3 Å². The third-order valence-corrected chi connectivity index (χ3v) is 3.25. The maximum absolute atomic E-state index is 11.6. The van der Waals surface area contributed by atoms with Gasteiger partial charge in [0.2, 0.25) is 0 Å². The Labute approximate surface area is 110 Å². The predicted molar refractivity (Wildman–Crippen MR) is 71.9 cm³/mol. The molecule has 6 heteroatoms. The molecule has 1 aliphatic heterocycles. The van der Waals surface area contributed by atoms with E-state index in [9.17, 15) is 4.79 Å². The van der Waals surface area contributed by atoms with Crippen molar-refractivity contribution < 1.29 is 9.53 Å². The number of hydrogen-bond donors (Lipinski definition) is 3. The van der Waals surface area contributed by atoms with Gasteiger partial charge in [-0.3, -0.25) is 9.89 Å². The molecule has 0 saturated carbocycles. The first kappa shape index (κ1) is 11.6. The number of benzene rings is 1. The van der Waals surface area contributed by atoms with Crippen LogP contribution in [0.15, 0.2) is 18.2 Å². The summed E-state index contributed by atoms with van der Waals surface area (Å²) in [6, 6.07) is 5.58. The fraction of sp³-hybridized carbons (Fsp3) is 0.231. The molecular weight excluding hydrogens is 244 g/mol. The van der Waals surface area contributed by atoms with Crippen molar-refractivity contribution >= 4 is 17.4 Å². The number of nitrogens with one attached hydrogen (secondary N) is 2. The summed E-state index contributed by atoms with van der Waals surface area (Å²) in [5.74, 6) is 0.994. The van der Waals surface area contributed by atoms with Gasteiger partial charge in [-0.25, -0.2) is 0 Å². The number of anilines is 2. The molecule has 0 aliphatic carbocycles. The lowest BCUT2D eigenvalue weighted by atomic mass is 10.1. The highest BCUT2D eigenvalue weighted by molar-refractivity contribution is 5.98. The minimum absolute atomic E-state index is 0.148. The number of nitrogens with two attached hydrogens (primary N) is 1. The van der Waals surface area contributed by atoms with E-state index in [1.165, 1.54) is 0 Å². The molecular formula is C13H14N4O2. The minimum Gasteiger partial charge on any atom is -0.479 e. The van der Waals surface area contributed by atoms with E-state index in [-0.39, 0.29) is 5.91 Å². The van der Waals surface area contributed by atoms with E-state index >= 15 is 0 Å². The summed E-state index contributed by atoms with van der Waals surface area (Å²) < 4.78 is 5.51. The van der Waals surface area contributed by atoms with Gasteiger partial charge < -0.3 is 15.8 Å². The van der Waals surface area contributed by atoms with Gasteiger partial charge in [0.05, 0.1) is 11.4 Å². The van der Waals surface area contributed by atoms with Gasteiger partial charge in [0, 0.05) is 11.1 Å². The van der Waals surface area contributed by atoms with E-state index in [1.807, 2.05) is 25.1 Å². The molecule has 4 N–H and O–H groups in total. The average molecular weight is 258 g/mol. The van der Waals surface area contributed by atoms with Crippen LogP contribution in [-0.4, -0.2) is 22.2 Å². The molecule has 19 heavy (non-hydrogen) atoms. The number of rotatable bonds is 1. The Morgan fingerprint density at radius 2 is 2.21 bits per heavy atom. The molecule has 0 radical (unpaired) electrons. The number of fused-ring (bicyclic) bond motifs is 1.